The number of rotatable bonds is 7. The molecule has 0 aliphatic heterocycles. The summed E-state index contributed by atoms with van der Waals surface area (Å²) in [7, 11) is 0. The van der Waals surface area contributed by atoms with Crippen LogP contribution in [0.25, 0.3) is 0 Å². The molecule has 3 aromatic rings. The minimum Gasteiger partial charge on any atom is -0.493 e. The van der Waals surface area contributed by atoms with Gasteiger partial charge in [-0.1, -0.05) is 56.7 Å². The summed E-state index contributed by atoms with van der Waals surface area (Å²) in [5, 5.41) is 12.6. The Morgan fingerprint density at radius 1 is 1.12 bits per heavy atom. The monoisotopic (exact) mass is 435 g/mol. The predicted molar refractivity (Wildman–Crippen MR) is 109 cm³/mol. The maximum absolute atomic E-state index is 5.71. The first-order valence-corrected chi connectivity index (χ1v) is 10.4. The summed E-state index contributed by atoms with van der Waals surface area (Å²) in [4.78, 5) is 0. The highest BCUT2D eigenvalue weighted by Crippen LogP contribution is 2.29. The van der Waals surface area contributed by atoms with Gasteiger partial charge in [0, 0.05) is 15.9 Å². The first-order chi connectivity index (χ1) is 12.1. The molecule has 0 aliphatic carbocycles. The molecule has 0 atom stereocenters. The average Bonchev–Trinajstić information content (AvgIpc) is 3.03. The van der Waals surface area contributed by atoms with Crippen LogP contribution in [0, 0.1) is 13.8 Å². The molecule has 2 aromatic carbocycles. The summed E-state index contributed by atoms with van der Waals surface area (Å²) in [5.41, 5.74) is 3.52. The van der Waals surface area contributed by atoms with Gasteiger partial charge in [0.25, 0.3) is 0 Å². The molecule has 1 aromatic heterocycles. The highest BCUT2D eigenvalue weighted by atomic mass is 79.9. The van der Waals surface area contributed by atoms with Crippen LogP contribution in [0.3, 0.4) is 0 Å². The molecule has 3 rings (SSSR count). The smallest absolute Gasteiger partial charge is 0.210 e. The number of aryl methyl sites for hydroxylation is 2. The molecule has 0 spiro atoms. The second-order valence-corrected chi connectivity index (χ2v) is 8.70. The van der Waals surface area contributed by atoms with Crippen molar-refractivity contribution in [3.63, 3.8) is 0 Å². The van der Waals surface area contributed by atoms with Gasteiger partial charge in [-0.15, -0.1) is 10.2 Å². The molecule has 1 heterocycles. The number of hydrogen-bond acceptors (Lipinski definition) is 6. The van der Waals surface area contributed by atoms with Gasteiger partial charge in [0.1, 0.15) is 5.75 Å². The van der Waals surface area contributed by atoms with Crippen LogP contribution < -0.4 is 10.1 Å². The van der Waals surface area contributed by atoms with E-state index in [9.17, 15) is 0 Å². The number of ether oxygens (including phenoxy) is 1. The van der Waals surface area contributed by atoms with Crippen LogP contribution in [0.4, 0.5) is 10.8 Å². The molecular weight excluding hydrogens is 418 g/mol. The third-order valence-electron chi connectivity index (χ3n) is 3.42. The molecule has 7 heteroatoms. The average molecular weight is 436 g/mol. The predicted octanol–water partition coefficient (Wildman–Crippen LogP) is 5.83. The third kappa shape index (κ3) is 5.45. The number of hydrogen-bond donors (Lipinski definition) is 1. The molecule has 0 saturated heterocycles. The number of nitrogens with one attached hydrogen (secondary N) is 1. The Balaban J connectivity index is 1.47. The van der Waals surface area contributed by atoms with Crippen LogP contribution in [-0.4, -0.2) is 22.6 Å². The third-order valence-corrected chi connectivity index (χ3v) is 5.89. The van der Waals surface area contributed by atoms with Gasteiger partial charge in [0.15, 0.2) is 4.34 Å². The second kappa shape index (κ2) is 8.69. The van der Waals surface area contributed by atoms with E-state index in [0.717, 1.165) is 31.1 Å². The van der Waals surface area contributed by atoms with Crippen molar-refractivity contribution in [3.05, 3.63) is 58.1 Å². The van der Waals surface area contributed by atoms with E-state index in [4.69, 9.17) is 4.74 Å². The summed E-state index contributed by atoms with van der Waals surface area (Å²) in [6.45, 7) is 4.81. The molecule has 0 aliphatic rings. The Kier molecular flexibility index (Phi) is 6.34. The fourth-order valence-electron chi connectivity index (χ4n) is 2.21. The van der Waals surface area contributed by atoms with Gasteiger partial charge in [-0.05, 0) is 49.7 Å². The molecule has 4 nitrogen and oxygen atoms in total. The van der Waals surface area contributed by atoms with Crippen molar-refractivity contribution in [1.82, 2.24) is 10.2 Å². The molecule has 130 valence electrons. The molecule has 25 heavy (non-hydrogen) atoms. The largest absolute Gasteiger partial charge is 0.493 e. The van der Waals surface area contributed by atoms with Gasteiger partial charge >= 0.3 is 0 Å². The zero-order chi connectivity index (χ0) is 17.6. The van der Waals surface area contributed by atoms with Crippen LogP contribution >= 0.6 is 39.0 Å². The molecule has 0 fully saturated rings. The maximum atomic E-state index is 5.71. The first kappa shape index (κ1) is 18.2. The molecule has 0 radical (unpaired) electrons. The quantitative estimate of drug-likeness (QED) is 0.373. The number of benzene rings is 2. The lowest BCUT2D eigenvalue weighted by Crippen LogP contribution is -1.99. The van der Waals surface area contributed by atoms with Gasteiger partial charge in [0.2, 0.25) is 5.13 Å². The van der Waals surface area contributed by atoms with Crippen LogP contribution in [0.1, 0.15) is 11.1 Å². The van der Waals surface area contributed by atoms with Crippen molar-refractivity contribution in [2.45, 2.75) is 18.2 Å². The summed E-state index contributed by atoms with van der Waals surface area (Å²) in [6, 6.07) is 14.2. The second-order valence-electron chi connectivity index (χ2n) is 5.47. The molecular formula is C18H18BrN3OS2. The van der Waals surface area contributed by atoms with E-state index in [-0.39, 0.29) is 0 Å². The van der Waals surface area contributed by atoms with Gasteiger partial charge in [-0.2, -0.15) is 0 Å². The summed E-state index contributed by atoms with van der Waals surface area (Å²) >= 11 is 6.62. The Hall–Kier alpha value is -1.57. The van der Waals surface area contributed by atoms with Crippen molar-refractivity contribution < 1.29 is 4.74 Å². The van der Waals surface area contributed by atoms with E-state index in [0.29, 0.717) is 6.61 Å². The summed E-state index contributed by atoms with van der Waals surface area (Å²) < 4.78 is 7.70. The number of anilines is 2. The lowest BCUT2D eigenvalue weighted by atomic mass is 10.1. The Labute approximate surface area is 164 Å². The van der Waals surface area contributed by atoms with E-state index in [1.807, 2.05) is 24.3 Å². The molecule has 1 N–H and O–H groups in total. The Bertz CT molecular complexity index is 837. The van der Waals surface area contributed by atoms with Crippen molar-refractivity contribution in [3.8, 4) is 5.75 Å². The zero-order valence-corrected chi connectivity index (χ0v) is 17.2. The molecule has 0 saturated carbocycles. The van der Waals surface area contributed by atoms with Crippen LogP contribution in [0.5, 0.6) is 5.75 Å². The SMILES string of the molecule is Cc1ccc(Nc2nnc(SCCOc3ccc(Br)cc3)s2)c(C)c1. The normalized spacial score (nSPS) is 10.7. The van der Waals surface area contributed by atoms with E-state index < -0.39 is 0 Å². The van der Waals surface area contributed by atoms with E-state index >= 15 is 0 Å². The van der Waals surface area contributed by atoms with Gasteiger partial charge in [-0.25, -0.2) is 0 Å². The Morgan fingerprint density at radius 3 is 2.68 bits per heavy atom. The fraction of sp³-hybridized carbons (Fsp3) is 0.222. The van der Waals surface area contributed by atoms with Gasteiger partial charge in [-0.3, -0.25) is 0 Å². The molecule has 0 unspecified atom stereocenters. The van der Waals surface area contributed by atoms with Crippen molar-refractivity contribution in [2.75, 3.05) is 17.7 Å². The fourth-order valence-corrected chi connectivity index (χ4v) is 4.12. The lowest BCUT2D eigenvalue weighted by molar-refractivity contribution is 0.344. The summed E-state index contributed by atoms with van der Waals surface area (Å²) in [5.74, 6) is 1.70. The number of nitrogens with zero attached hydrogens (tertiary/aromatic N) is 2. The van der Waals surface area contributed by atoms with Crippen molar-refractivity contribution in [2.24, 2.45) is 0 Å². The van der Waals surface area contributed by atoms with E-state index in [1.165, 1.54) is 11.1 Å². The number of halogens is 1. The van der Waals surface area contributed by atoms with Crippen LogP contribution in [0.2, 0.25) is 0 Å². The standard InChI is InChI=1S/C18H18BrN3OS2/c1-12-3-8-16(13(2)11-12)20-17-21-22-18(25-17)24-10-9-23-15-6-4-14(19)5-7-15/h3-8,11H,9-10H2,1-2H3,(H,20,21). The van der Waals surface area contributed by atoms with Crippen LogP contribution in [0.15, 0.2) is 51.3 Å². The molecule has 0 bridgehead atoms. The van der Waals surface area contributed by atoms with Crippen LogP contribution in [-0.2, 0) is 0 Å². The first-order valence-electron chi connectivity index (χ1n) is 7.79. The van der Waals surface area contributed by atoms with Crippen molar-refractivity contribution >= 4 is 49.8 Å². The Morgan fingerprint density at radius 2 is 1.92 bits per heavy atom. The zero-order valence-electron chi connectivity index (χ0n) is 14.0. The summed E-state index contributed by atoms with van der Waals surface area (Å²) in [6.07, 6.45) is 0. The van der Waals surface area contributed by atoms with Crippen molar-refractivity contribution in [1.29, 1.82) is 0 Å². The number of aromatic nitrogens is 2. The van der Waals surface area contributed by atoms with Gasteiger partial charge < -0.3 is 10.1 Å². The van der Waals surface area contributed by atoms with E-state index in [1.54, 1.807) is 23.1 Å². The highest BCUT2D eigenvalue weighted by Gasteiger charge is 2.07. The minimum absolute atomic E-state index is 0.631. The maximum Gasteiger partial charge on any atom is 0.210 e. The highest BCUT2D eigenvalue weighted by molar-refractivity contribution is 9.10. The van der Waals surface area contributed by atoms with E-state index in [2.05, 4.69) is 63.5 Å². The minimum atomic E-state index is 0.631. The molecule has 0 amide bonds. The number of thioether (sulfide) groups is 1. The lowest BCUT2D eigenvalue weighted by Gasteiger charge is -2.06. The topological polar surface area (TPSA) is 47.0 Å². The van der Waals surface area contributed by atoms with Gasteiger partial charge in [0.05, 0.1) is 6.61 Å².